The molecule has 1 saturated carbocycles. The third kappa shape index (κ3) is 4.29. The van der Waals surface area contributed by atoms with Crippen LogP contribution in [-0.2, 0) is 11.2 Å². The highest BCUT2D eigenvalue weighted by Crippen LogP contribution is 2.28. The van der Waals surface area contributed by atoms with E-state index in [0.717, 1.165) is 44.7 Å². The van der Waals surface area contributed by atoms with Crippen LogP contribution in [0.5, 0.6) is 5.75 Å². The Morgan fingerprint density at radius 2 is 2.04 bits per heavy atom. The zero-order valence-corrected chi connectivity index (χ0v) is 15.0. The molecular weight excluding hydrogens is 302 g/mol. The molecule has 0 radical (unpaired) electrons. The second kappa shape index (κ2) is 8.32. The molecule has 134 valence electrons. The number of hydrogen-bond donors (Lipinski definition) is 1. The Labute approximate surface area is 145 Å². The van der Waals surface area contributed by atoms with Crippen molar-refractivity contribution in [3.8, 4) is 5.75 Å². The average molecular weight is 333 g/mol. The third-order valence-electron chi connectivity index (χ3n) is 5.53. The standard InChI is InChI=1S/C20H31NO3/c1-15-7-8-16(13-20(15)23-2)10-12-24-19-6-4-3-5-18(19)21-11-9-17(22)14-21/h7-8,13,17-19,22H,3-6,9-12,14H2,1-2H3/t17-,18+,19+/m1/s1. The van der Waals surface area contributed by atoms with E-state index in [2.05, 4.69) is 30.0 Å². The van der Waals surface area contributed by atoms with Crippen molar-refractivity contribution in [2.75, 3.05) is 26.8 Å². The Morgan fingerprint density at radius 3 is 2.79 bits per heavy atom. The number of nitrogens with zero attached hydrogens (tertiary/aromatic N) is 1. The minimum atomic E-state index is -0.146. The summed E-state index contributed by atoms with van der Waals surface area (Å²) in [5.41, 5.74) is 2.43. The van der Waals surface area contributed by atoms with E-state index in [4.69, 9.17) is 9.47 Å². The molecule has 0 aromatic heterocycles. The lowest BCUT2D eigenvalue weighted by Gasteiger charge is -2.37. The summed E-state index contributed by atoms with van der Waals surface area (Å²) < 4.78 is 11.7. The van der Waals surface area contributed by atoms with Crippen LogP contribution >= 0.6 is 0 Å². The van der Waals surface area contributed by atoms with Crippen LogP contribution in [0.4, 0.5) is 0 Å². The Balaban J connectivity index is 1.52. The van der Waals surface area contributed by atoms with Crippen LogP contribution in [0.3, 0.4) is 0 Å². The normalized spacial score (nSPS) is 28.2. The Hall–Kier alpha value is -1.10. The highest BCUT2D eigenvalue weighted by Gasteiger charge is 2.34. The van der Waals surface area contributed by atoms with Gasteiger partial charge in [0.25, 0.3) is 0 Å². The van der Waals surface area contributed by atoms with E-state index >= 15 is 0 Å². The number of methoxy groups -OCH3 is 1. The van der Waals surface area contributed by atoms with Crippen molar-refractivity contribution >= 4 is 0 Å². The number of aliphatic hydroxyl groups is 1. The van der Waals surface area contributed by atoms with Gasteiger partial charge >= 0.3 is 0 Å². The molecule has 3 rings (SSSR count). The molecule has 1 aromatic rings. The molecule has 2 fully saturated rings. The van der Waals surface area contributed by atoms with Crippen molar-refractivity contribution in [2.24, 2.45) is 0 Å². The fourth-order valence-electron chi connectivity index (χ4n) is 4.11. The summed E-state index contributed by atoms with van der Waals surface area (Å²) in [6, 6.07) is 6.89. The molecule has 4 nitrogen and oxygen atoms in total. The van der Waals surface area contributed by atoms with Crippen molar-refractivity contribution in [3.63, 3.8) is 0 Å². The lowest BCUT2D eigenvalue weighted by Crippen LogP contribution is -2.46. The van der Waals surface area contributed by atoms with Gasteiger partial charge in [-0.1, -0.05) is 25.0 Å². The molecule has 3 atom stereocenters. The largest absolute Gasteiger partial charge is 0.496 e. The molecule has 0 spiro atoms. The molecule has 1 aliphatic carbocycles. The molecule has 1 aliphatic heterocycles. The molecule has 0 amide bonds. The van der Waals surface area contributed by atoms with Gasteiger partial charge in [0, 0.05) is 19.1 Å². The van der Waals surface area contributed by atoms with Crippen LogP contribution < -0.4 is 4.74 Å². The number of aliphatic hydroxyl groups excluding tert-OH is 1. The van der Waals surface area contributed by atoms with Gasteiger partial charge in [0.1, 0.15) is 5.75 Å². The summed E-state index contributed by atoms with van der Waals surface area (Å²) in [4.78, 5) is 2.45. The van der Waals surface area contributed by atoms with Gasteiger partial charge in [-0.2, -0.15) is 0 Å². The first-order valence-electron chi connectivity index (χ1n) is 9.34. The number of hydrogen-bond acceptors (Lipinski definition) is 4. The molecule has 4 heteroatoms. The number of rotatable bonds is 6. The topological polar surface area (TPSA) is 41.9 Å². The fraction of sp³-hybridized carbons (Fsp3) is 0.700. The summed E-state index contributed by atoms with van der Waals surface area (Å²) in [5, 5.41) is 9.82. The first-order chi connectivity index (χ1) is 11.7. The number of ether oxygens (including phenoxy) is 2. The summed E-state index contributed by atoms with van der Waals surface area (Å²) >= 11 is 0. The first kappa shape index (κ1) is 17.7. The van der Waals surface area contributed by atoms with Crippen LogP contribution in [0.2, 0.25) is 0 Å². The van der Waals surface area contributed by atoms with Gasteiger partial charge in [-0.15, -0.1) is 0 Å². The molecule has 2 aliphatic rings. The second-order valence-corrected chi connectivity index (χ2v) is 7.25. The van der Waals surface area contributed by atoms with E-state index in [-0.39, 0.29) is 6.10 Å². The number of aryl methyl sites for hydroxylation is 1. The Kier molecular flexibility index (Phi) is 6.14. The van der Waals surface area contributed by atoms with Crippen LogP contribution in [-0.4, -0.2) is 55.1 Å². The summed E-state index contributed by atoms with van der Waals surface area (Å²) in [6.45, 7) is 4.65. The minimum absolute atomic E-state index is 0.146. The van der Waals surface area contributed by atoms with E-state index < -0.39 is 0 Å². The van der Waals surface area contributed by atoms with Gasteiger partial charge in [-0.25, -0.2) is 0 Å². The third-order valence-corrected chi connectivity index (χ3v) is 5.53. The van der Waals surface area contributed by atoms with Gasteiger partial charge in [-0.05, 0) is 49.8 Å². The Bertz CT molecular complexity index is 534. The number of β-amino-alcohol motifs (C(OH)–C–C–N with tert-alkyl or cyclic N) is 1. The average Bonchev–Trinajstić information content (AvgIpc) is 3.03. The zero-order valence-electron chi connectivity index (χ0n) is 15.0. The molecule has 1 N–H and O–H groups in total. The first-order valence-corrected chi connectivity index (χ1v) is 9.34. The van der Waals surface area contributed by atoms with Crippen LogP contribution in [0.15, 0.2) is 18.2 Å². The molecule has 1 aromatic carbocycles. The second-order valence-electron chi connectivity index (χ2n) is 7.25. The zero-order chi connectivity index (χ0) is 16.9. The lowest BCUT2D eigenvalue weighted by atomic mass is 9.91. The summed E-state index contributed by atoms with van der Waals surface area (Å²) in [7, 11) is 1.72. The van der Waals surface area contributed by atoms with Crippen LogP contribution in [0.1, 0.15) is 43.2 Å². The van der Waals surface area contributed by atoms with E-state index in [9.17, 15) is 5.11 Å². The number of benzene rings is 1. The minimum Gasteiger partial charge on any atom is -0.496 e. The summed E-state index contributed by atoms with van der Waals surface area (Å²) in [6.07, 6.45) is 6.89. The fourth-order valence-corrected chi connectivity index (χ4v) is 4.11. The van der Waals surface area contributed by atoms with Crippen LogP contribution in [0.25, 0.3) is 0 Å². The molecule has 0 bridgehead atoms. The predicted octanol–water partition coefficient (Wildman–Crippen LogP) is 2.94. The predicted molar refractivity (Wildman–Crippen MR) is 95.6 cm³/mol. The van der Waals surface area contributed by atoms with Crippen molar-refractivity contribution in [2.45, 2.75) is 63.7 Å². The number of likely N-dealkylation sites (tertiary alicyclic amines) is 1. The van der Waals surface area contributed by atoms with E-state index in [1.807, 2.05) is 0 Å². The maximum Gasteiger partial charge on any atom is 0.122 e. The Morgan fingerprint density at radius 1 is 1.21 bits per heavy atom. The quantitative estimate of drug-likeness (QED) is 0.869. The maximum absolute atomic E-state index is 9.82. The van der Waals surface area contributed by atoms with Gasteiger partial charge in [-0.3, -0.25) is 4.90 Å². The van der Waals surface area contributed by atoms with Gasteiger partial charge in [0.2, 0.25) is 0 Å². The monoisotopic (exact) mass is 333 g/mol. The van der Waals surface area contributed by atoms with Gasteiger partial charge < -0.3 is 14.6 Å². The summed E-state index contributed by atoms with van der Waals surface area (Å²) in [5.74, 6) is 0.953. The highest BCUT2D eigenvalue weighted by molar-refractivity contribution is 5.36. The van der Waals surface area contributed by atoms with Gasteiger partial charge in [0.05, 0.1) is 25.9 Å². The molecule has 1 saturated heterocycles. The van der Waals surface area contributed by atoms with Crippen molar-refractivity contribution in [1.82, 2.24) is 4.90 Å². The molecular formula is C20H31NO3. The molecule has 0 unspecified atom stereocenters. The van der Waals surface area contributed by atoms with E-state index in [1.54, 1.807) is 7.11 Å². The molecule has 1 heterocycles. The van der Waals surface area contributed by atoms with Crippen molar-refractivity contribution < 1.29 is 14.6 Å². The maximum atomic E-state index is 9.82. The van der Waals surface area contributed by atoms with E-state index in [0.29, 0.717) is 12.1 Å². The SMILES string of the molecule is COc1cc(CCO[C@H]2CCCC[C@@H]2N2CC[C@@H](O)C2)ccc1C. The van der Waals surface area contributed by atoms with Crippen LogP contribution in [0, 0.1) is 6.92 Å². The lowest BCUT2D eigenvalue weighted by molar-refractivity contribution is -0.0316. The van der Waals surface area contributed by atoms with Crippen molar-refractivity contribution in [1.29, 1.82) is 0 Å². The smallest absolute Gasteiger partial charge is 0.122 e. The highest BCUT2D eigenvalue weighted by atomic mass is 16.5. The van der Waals surface area contributed by atoms with Crippen molar-refractivity contribution in [3.05, 3.63) is 29.3 Å². The molecule has 24 heavy (non-hydrogen) atoms. The van der Waals surface area contributed by atoms with E-state index in [1.165, 1.54) is 30.4 Å². The van der Waals surface area contributed by atoms with Gasteiger partial charge in [0.15, 0.2) is 0 Å².